The van der Waals surface area contributed by atoms with E-state index in [1.807, 2.05) is 25.2 Å². The molecule has 3 aromatic rings. The van der Waals surface area contributed by atoms with E-state index in [1.54, 1.807) is 35.3 Å². The predicted molar refractivity (Wildman–Crippen MR) is 120 cm³/mol. The maximum atomic E-state index is 13.3. The van der Waals surface area contributed by atoms with Gasteiger partial charge in [-0.05, 0) is 74.6 Å². The van der Waals surface area contributed by atoms with Crippen LogP contribution in [0.2, 0.25) is 0 Å². The fourth-order valence-electron chi connectivity index (χ4n) is 6.89. The molecule has 2 N–H and O–H groups in total. The fourth-order valence-corrected chi connectivity index (χ4v) is 6.89. The average Bonchev–Trinajstić information content (AvgIpc) is 3.42. The molecule has 2 amide bonds. The summed E-state index contributed by atoms with van der Waals surface area (Å²) in [7, 11) is 1.81. The van der Waals surface area contributed by atoms with E-state index < -0.39 is 0 Å². The summed E-state index contributed by atoms with van der Waals surface area (Å²) in [6.07, 6.45) is 9.00. The molecule has 4 aliphatic carbocycles. The third-order valence-corrected chi connectivity index (χ3v) is 7.60. The van der Waals surface area contributed by atoms with Crippen LogP contribution in [0.25, 0.3) is 11.5 Å². The number of carbonyl (C=O) groups is 2. The first-order chi connectivity index (χ1) is 15.9. The standard InChI is InChI=1S/C25H27N5O3/c1-30-20(21-6-4-8-33-21)10-19(29-30)23(32)28-25-13-16-9-17(14-25)12-24(11-16,15-25)27-22(31)18-5-2-3-7-26-18/h2-8,10,16-17H,9,11-15H2,1H3,(H,27,31)(H,28,32). The highest BCUT2D eigenvalue weighted by Crippen LogP contribution is 2.57. The highest BCUT2D eigenvalue weighted by atomic mass is 16.3. The third-order valence-electron chi connectivity index (χ3n) is 7.60. The molecule has 0 saturated heterocycles. The maximum Gasteiger partial charge on any atom is 0.272 e. The van der Waals surface area contributed by atoms with Gasteiger partial charge in [-0.15, -0.1) is 0 Å². The molecule has 0 radical (unpaired) electrons. The lowest BCUT2D eigenvalue weighted by Gasteiger charge is -2.62. The number of carbonyl (C=O) groups excluding carboxylic acids is 2. The second-order valence-electron chi connectivity index (χ2n) is 10.2. The van der Waals surface area contributed by atoms with Crippen LogP contribution in [0.4, 0.5) is 0 Å². The van der Waals surface area contributed by atoms with Gasteiger partial charge in [0, 0.05) is 30.4 Å². The molecule has 0 spiro atoms. The molecule has 3 aromatic heterocycles. The number of aryl methyl sites for hydroxylation is 1. The Kier molecular flexibility index (Phi) is 4.47. The Balaban J connectivity index is 1.23. The molecule has 7 rings (SSSR count). The molecule has 8 nitrogen and oxygen atoms in total. The van der Waals surface area contributed by atoms with Gasteiger partial charge >= 0.3 is 0 Å². The highest BCUT2D eigenvalue weighted by molar-refractivity contribution is 5.94. The van der Waals surface area contributed by atoms with Crippen molar-refractivity contribution in [2.45, 2.75) is 49.6 Å². The maximum absolute atomic E-state index is 13.3. The molecule has 33 heavy (non-hydrogen) atoms. The van der Waals surface area contributed by atoms with Crippen molar-refractivity contribution in [2.75, 3.05) is 0 Å². The summed E-state index contributed by atoms with van der Waals surface area (Å²) in [6, 6.07) is 10.8. The van der Waals surface area contributed by atoms with Gasteiger partial charge in [-0.1, -0.05) is 6.07 Å². The first-order valence-electron chi connectivity index (χ1n) is 11.6. The van der Waals surface area contributed by atoms with Gasteiger partial charge in [-0.2, -0.15) is 5.10 Å². The Morgan fingerprint density at radius 3 is 2.30 bits per heavy atom. The molecule has 0 aliphatic heterocycles. The quantitative estimate of drug-likeness (QED) is 0.627. The molecule has 4 bridgehead atoms. The number of amides is 2. The Bertz CT molecular complexity index is 1190. The van der Waals surface area contributed by atoms with Crippen LogP contribution in [-0.4, -0.2) is 37.7 Å². The largest absolute Gasteiger partial charge is 0.463 e. The second kappa shape index (κ2) is 7.30. The summed E-state index contributed by atoms with van der Waals surface area (Å²) in [5.74, 6) is 1.37. The van der Waals surface area contributed by atoms with Gasteiger partial charge in [0.25, 0.3) is 11.8 Å². The summed E-state index contributed by atoms with van der Waals surface area (Å²) < 4.78 is 7.14. The molecule has 0 aromatic carbocycles. The van der Waals surface area contributed by atoms with Gasteiger partial charge in [0.05, 0.1) is 6.26 Å². The molecule has 2 atom stereocenters. The predicted octanol–water partition coefficient (Wildman–Crippen LogP) is 3.33. The lowest BCUT2D eigenvalue weighted by Crippen LogP contribution is -2.69. The number of furan rings is 1. The molecular weight excluding hydrogens is 418 g/mol. The average molecular weight is 446 g/mol. The SMILES string of the molecule is Cn1nc(C(=O)NC23CC4CC(CC(NC(=O)c5ccccn5)(C4)C2)C3)cc1-c1ccco1. The Labute approximate surface area is 191 Å². The molecule has 4 aliphatic rings. The summed E-state index contributed by atoms with van der Waals surface area (Å²) in [4.78, 5) is 30.5. The highest BCUT2D eigenvalue weighted by Gasteiger charge is 2.59. The van der Waals surface area contributed by atoms with Crippen LogP contribution >= 0.6 is 0 Å². The van der Waals surface area contributed by atoms with E-state index in [0.29, 0.717) is 29.0 Å². The first-order valence-corrected chi connectivity index (χ1v) is 11.6. The minimum absolute atomic E-state index is 0.133. The van der Waals surface area contributed by atoms with E-state index in [4.69, 9.17) is 4.42 Å². The normalized spacial score (nSPS) is 29.7. The number of rotatable bonds is 5. The van der Waals surface area contributed by atoms with Gasteiger partial charge in [0.15, 0.2) is 11.5 Å². The zero-order chi connectivity index (χ0) is 22.6. The van der Waals surface area contributed by atoms with Crippen molar-refractivity contribution in [2.24, 2.45) is 18.9 Å². The van der Waals surface area contributed by atoms with Crippen molar-refractivity contribution in [3.05, 3.63) is 60.2 Å². The van der Waals surface area contributed by atoms with E-state index in [1.165, 1.54) is 6.42 Å². The number of aromatic nitrogens is 3. The smallest absolute Gasteiger partial charge is 0.272 e. The summed E-state index contributed by atoms with van der Waals surface area (Å²) in [5, 5.41) is 11.1. The minimum Gasteiger partial charge on any atom is -0.463 e. The number of hydrogen-bond donors (Lipinski definition) is 2. The summed E-state index contributed by atoms with van der Waals surface area (Å²) in [6.45, 7) is 0. The first kappa shape index (κ1) is 20.2. The van der Waals surface area contributed by atoms with Crippen LogP contribution in [0.15, 0.2) is 53.3 Å². The lowest BCUT2D eigenvalue weighted by molar-refractivity contribution is -0.0449. The van der Waals surface area contributed by atoms with E-state index in [2.05, 4.69) is 20.7 Å². The third kappa shape index (κ3) is 3.53. The fraction of sp³-hybridized carbons (Fsp3) is 0.440. The van der Waals surface area contributed by atoms with Crippen molar-refractivity contribution in [1.29, 1.82) is 0 Å². The molecule has 3 heterocycles. The lowest BCUT2D eigenvalue weighted by atomic mass is 9.49. The van der Waals surface area contributed by atoms with Crippen LogP contribution in [-0.2, 0) is 7.05 Å². The minimum atomic E-state index is -0.319. The van der Waals surface area contributed by atoms with E-state index in [0.717, 1.165) is 37.8 Å². The molecule has 4 saturated carbocycles. The van der Waals surface area contributed by atoms with E-state index >= 15 is 0 Å². The zero-order valence-corrected chi connectivity index (χ0v) is 18.6. The monoisotopic (exact) mass is 445 g/mol. The van der Waals surface area contributed by atoms with Gasteiger partial charge in [-0.25, -0.2) is 0 Å². The summed E-state index contributed by atoms with van der Waals surface area (Å²) in [5.41, 5.74) is 0.960. The van der Waals surface area contributed by atoms with Gasteiger partial charge < -0.3 is 15.1 Å². The van der Waals surface area contributed by atoms with E-state index in [-0.39, 0.29) is 22.9 Å². The van der Waals surface area contributed by atoms with Crippen molar-refractivity contribution in [1.82, 2.24) is 25.4 Å². The van der Waals surface area contributed by atoms with Crippen molar-refractivity contribution in [3.8, 4) is 11.5 Å². The Hall–Kier alpha value is -3.42. The van der Waals surface area contributed by atoms with Crippen LogP contribution in [0.3, 0.4) is 0 Å². The van der Waals surface area contributed by atoms with Crippen LogP contribution in [0.1, 0.15) is 59.5 Å². The molecule has 170 valence electrons. The molecule has 4 fully saturated rings. The number of nitrogens with one attached hydrogen (secondary N) is 2. The summed E-state index contributed by atoms with van der Waals surface area (Å²) >= 11 is 0. The van der Waals surface area contributed by atoms with E-state index in [9.17, 15) is 9.59 Å². The molecule has 2 unspecified atom stereocenters. The zero-order valence-electron chi connectivity index (χ0n) is 18.6. The second-order valence-corrected chi connectivity index (χ2v) is 10.2. The number of hydrogen-bond acceptors (Lipinski definition) is 5. The van der Waals surface area contributed by atoms with Gasteiger partial charge in [-0.3, -0.25) is 19.3 Å². The van der Waals surface area contributed by atoms with Crippen molar-refractivity contribution in [3.63, 3.8) is 0 Å². The molecule has 8 heteroatoms. The Morgan fingerprint density at radius 2 is 1.70 bits per heavy atom. The molecular formula is C25H27N5O3. The van der Waals surface area contributed by atoms with Gasteiger partial charge in [0.2, 0.25) is 0 Å². The van der Waals surface area contributed by atoms with Crippen LogP contribution < -0.4 is 10.6 Å². The van der Waals surface area contributed by atoms with Crippen molar-refractivity contribution < 1.29 is 14.0 Å². The Morgan fingerprint density at radius 1 is 1.00 bits per heavy atom. The number of nitrogens with zero attached hydrogens (tertiary/aromatic N) is 3. The van der Waals surface area contributed by atoms with Crippen molar-refractivity contribution >= 4 is 11.8 Å². The topological polar surface area (TPSA) is 102 Å². The van der Waals surface area contributed by atoms with Crippen LogP contribution in [0, 0.1) is 11.8 Å². The number of pyridine rings is 1. The van der Waals surface area contributed by atoms with Crippen LogP contribution in [0.5, 0.6) is 0 Å². The van der Waals surface area contributed by atoms with Gasteiger partial charge in [0.1, 0.15) is 11.4 Å².